The maximum absolute atomic E-state index is 8.71. The zero-order valence-corrected chi connectivity index (χ0v) is 7.00. The first-order valence-electron chi connectivity index (χ1n) is 3.77. The molecule has 1 rings (SSSR count). The Labute approximate surface area is 72.4 Å². The van der Waals surface area contributed by atoms with E-state index < -0.39 is 0 Å². The SMILES string of the molecule is [CH2]c1cccc(C#N)c1OCC. The minimum absolute atomic E-state index is 0.546. The van der Waals surface area contributed by atoms with Crippen molar-refractivity contribution in [1.29, 1.82) is 5.26 Å². The number of nitriles is 1. The van der Waals surface area contributed by atoms with Gasteiger partial charge in [0.25, 0.3) is 0 Å². The van der Waals surface area contributed by atoms with E-state index in [1.807, 2.05) is 13.0 Å². The van der Waals surface area contributed by atoms with E-state index in [9.17, 15) is 0 Å². The van der Waals surface area contributed by atoms with E-state index in [-0.39, 0.29) is 0 Å². The Balaban J connectivity index is 3.13. The third kappa shape index (κ3) is 1.57. The summed E-state index contributed by atoms with van der Waals surface area (Å²) in [6.45, 7) is 6.21. The van der Waals surface area contributed by atoms with Gasteiger partial charge in [0.15, 0.2) is 0 Å². The average molecular weight is 160 g/mol. The van der Waals surface area contributed by atoms with Crippen LogP contribution >= 0.6 is 0 Å². The molecule has 0 aliphatic carbocycles. The van der Waals surface area contributed by atoms with Gasteiger partial charge in [-0.3, -0.25) is 0 Å². The van der Waals surface area contributed by atoms with Gasteiger partial charge in [-0.1, -0.05) is 12.1 Å². The molecule has 0 atom stereocenters. The first kappa shape index (κ1) is 8.61. The minimum Gasteiger partial charge on any atom is -0.492 e. The van der Waals surface area contributed by atoms with Gasteiger partial charge < -0.3 is 4.74 Å². The molecule has 2 heteroatoms. The largest absolute Gasteiger partial charge is 0.492 e. The fourth-order valence-electron chi connectivity index (χ4n) is 0.988. The van der Waals surface area contributed by atoms with Crippen molar-refractivity contribution in [2.24, 2.45) is 0 Å². The summed E-state index contributed by atoms with van der Waals surface area (Å²) in [4.78, 5) is 0. The van der Waals surface area contributed by atoms with Crippen LogP contribution in [0.15, 0.2) is 18.2 Å². The normalized spacial score (nSPS) is 9.08. The smallest absolute Gasteiger partial charge is 0.140 e. The van der Waals surface area contributed by atoms with Crippen molar-refractivity contribution in [2.45, 2.75) is 6.92 Å². The highest BCUT2D eigenvalue weighted by molar-refractivity contribution is 5.49. The Morgan fingerprint density at radius 3 is 2.92 bits per heavy atom. The molecule has 0 aromatic heterocycles. The lowest BCUT2D eigenvalue weighted by Crippen LogP contribution is -1.96. The second-order valence-electron chi connectivity index (χ2n) is 2.34. The van der Waals surface area contributed by atoms with Gasteiger partial charge in [-0.15, -0.1) is 0 Å². The van der Waals surface area contributed by atoms with Crippen LogP contribution in [0.5, 0.6) is 5.75 Å². The van der Waals surface area contributed by atoms with Crippen molar-refractivity contribution in [2.75, 3.05) is 6.61 Å². The molecule has 2 nitrogen and oxygen atoms in total. The molecule has 0 spiro atoms. The van der Waals surface area contributed by atoms with Crippen LogP contribution in [-0.2, 0) is 0 Å². The molecule has 61 valence electrons. The summed E-state index contributed by atoms with van der Waals surface area (Å²) >= 11 is 0. The molecule has 0 aliphatic heterocycles. The van der Waals surface area contributed by atoms with Gasteiger partial charge in [0, 0.05) is 0 Å². The third-order valence-corrected chi connectivity index (χ3v) is 1.51. The van der Waals surface area contributed by atoms with E-state index in [4.69, 9.17) is 10.00 Å². The lowest BCUT2D eigenvalue weighted by atomic mass is 10.1. The second kappa shape index (κ2) is 3.77. The van der Waals surface area contributed by atoms with Crippen LogP contribution < -0.4 is 4.74 Å². The molecule has 0 saturated heterocycles. The molecule has 0 unspecified atom stereocenters. The maximum Gasteiger partial charge on any atom is 0.140 e. The van der Waals surface area contributed by atoms with E-state index >= 15 is 0 Å². The molecule has 0 saturated carbocycles. The van der Waals surface area contributed by atoms with Gasteiger partial charge in [-0.05, 0) is 25.5 Å². The number of hydrogen-bond donors (Lipinski definition) is 0. The van der Waals surface area contributed by atoms with Gasteiger partial charge in [0.2, 0.25) is 0 Å². The molecular formula is C10H10NO. The van der Waals surface area contributed by atoms with Gasteiger partial charge >= 0.3 is 0 Å². The third-order valence-electron chi connectivity index (χ3n) is 1.51. The molecular weight excluding hydrogens is 150 g/mol. The number of rotatable bonds is 2. The van der Waals surface area contributed by atoms with Crippen molar-refractivity contribution >= 4 is 0 Å². The Bertz CT molecular complexity index is 312. The Kier molecular flexibility index (Phi) is 2.71. The number of ether oxygens (including phenoxy) is 1. The van der Waals surface area contributed by atoms with E-state index in [0.29, 0.717) is 17.9 Å². The predicted molar refractivity (Wildman–Crippen MR) is 46.8 cm³/mol. The Morgan fingerprint density at radius 1 is 1.58 bits per heavy atom. The van der Waals surface area contributed by atoms with Crippen LogP contribution in [0.2, 0.25) is 0 Å². The van der Waals surface area contributed by atoms with E-state index in [1.54, 1.807) is 12.1 Å². The van der Waals surface area contributed by atoms with Gasteiger partial charge in [-0.2, -0.15) is 5.26 Å². The number of benzene rings is 1. The molecule has 1 radical (unpaired) electrons. The molecule has 0 fully saturated rings. The number of hydrogen-bond acceptors (Lipinski definition) is 2. The van der Waals surface area contributed by atoms with Gasteiger partial charge in [0.1, 0.15) is 11.8 Å². The average Bonchev–Trinajstić information content (AvgIpc) is 2.09. The van der Waals surface area contributed by atoms with Crippen molar-refractivity contribution < 1.29 is 4.74 Å². The van der Waals surface area contributed by atoms with Crippen molar-refractivity contribution in [1.82, 2.24) is 0 Å². The molecule has 1 aromatic rings. The molecule has 0 aliphatic rings. The summed E-state index contributed by atoms with van der Waals surface area (Å²) in [5.74, 6) is 0.600. The lowest BCUT2D eigenvalue weighted by Gasteiger charge is -2.07. The summed E-state index contributed by atoms with van der Waals surface area (Å²) in [5, 5.41) is 8.71. The summed E-state index contributed by atoms with van der Waals surface area (Å²) in [6, 6.07) is 7.40. The zero-order valence-electron chi connectivity index (χ0n) is 7.00. The van der Waals surface area contributed by atoms with E-state index in [1.165, 1.54) is 0 Å². The Morgan fingerprint density at radius 2 is 2.33 bits per heavy atom. The highest BCUT2D eigenvalue weighted by Gasteiger charge is 2.04. The lowest BCUT2D eigenvalue weighted by molar-refractivity contribution is 0.338. The monoisotopic (exact) mass is 160 g/mol. The van der Waals surface area contributed by atoms with Crippen LogP contribution in [0.25, 0.3) is 0 Å². The first-order valence-corrected chi connectivity index (χ1v) is 3.77. The summed E-state index contributed by atoms with van der Waals surface area (Å²) < 4.78 is 5.27. The highest BCUT2D eigenvalue weighted by atomic mass is 16.5. The zero-order chi connectivity index (χ0) is 8.97. The fourth-order valence-corrected chi connectivity index (χ4v) is 0.988. The summed E-state index contributed by atoms with van der Waals surface area (Å²) in [5.41, 5.74) is 1.31. The van der Waals surface area contributed by atoms with Crippen LogP contribution in [-0.4, -0.2) is 6.61 Å². The van der Waals surface area contributed by atoms with Gasteiger partial charge in [0.05, 0.1) is 12.2 Å². The van der Waals surface area contributed by atoms with E-state index in [2.05, 4.69) is 13.0 Å². The fraction of sp³-hybridized carbons (Fsp3) is 0.200. The second-order valence-corrected chi connectivity index (χ2v) is 2.34. The molecule has 0 N–H and O–H groups in total. The summed E-state index contributed by atoms with van der Waals surface area (Å²) in [7, 11) is 0. The van der Waals surface area contributed by atoms with Crippen LogP contribution in [0.4, 0.5) is 0 Å². The first-order chi connectivity index (χ1) is 5.79. The molecule has 0 bridgehead atoms. The number of nitrogens with zero attached hydrogens (tertiary/aromatic N) is 1. The van der Waals surface area contributed by atoms with Crippen LogP contribution in [0.3, 0.4) is 0 Å². The Hall–Kier alpha value is -1.49. The predicted octanol–water partition coefficient (Wildman–Crippen LogP) is 2.14. The highest BCUT2D eigenvalue weighted by Crippen LogP contribution is 2.21. The topological polar surface area (TPSA) is 33.0 Å². The van der Waals surface area contributed by atoms with Crippen molar-refractivity contribution in [3.63, 3.8) is 0 Å². The van der Waals surface area contributed by atoms with Crippen LogP contribution in [0, 0.1) is 18.3 Å². The van der Waals surface area contributed by atoms with Crippen molar-refractivity contribution in [3.05, 3.63) is 36.2 Å². The molecule has 12 heavy (non-hydrogen) atoms. The molecule has 0 amide bonds. The minimum atomic E-state index is 0.546. The summed E-state index contributed by atoms with van der Waals surface area (Å²) in [6.07, 6.45) is 0. The maximum atomic E-state index is 8.71. The molecule has 0 heterocycles. The van der Waals surface area contributed by atoms with Crippen molar-refractivity contribution in [3.8, 4) is 11.8 Å². The number of para-hydroxylation sites is 1. The quantitative estimate of drug-likeness (QED) is 0.664. The standard InChI is InChI=1S/C10H10NO/c1-3-12-10-8(2)5-4-6-9(10)7-11/h4-6H,2-3H2,1H3. The van der Waals surface area contributed by atoms with E-state index in [0.717, 1.165) is 5.56 Å². The molecule has 1 aromatic carbocycles. The van der Waals surface area contributed by atoms with Gasteiger partial charge in [-0.25, -0.2) is 0 Å². The van der Waals surface area contributed by atoms with Crippen LogP contribution in [0.1, 0.15) is 18.1 Å².